The van der Waals surface area contributed by atoms with Crippen LogP contribution in [0.1, 0.15) is 27.2 Å². The Bertz CT molecular complexity index is 972. The van der Waals surface area contributed by atoms with Crippen molar-refractivity contribution in [3.8, 4) is 0 Å². The van der Waals surface area contributed by atoms with Crippen molar-refractivity contribution in [1.82, 2.24) is 20.6 Å². The number of rotatable bonds is 4. The molecule has 4 rings (SSSR count). The van der Waals surface area contributed by atoms with E-state index >= 15 is 0 Å². The van der Waals surface area contributed by atoms with Crippen LogP contribution in [0.4, 0.5) is 5.82 Å². The van der Waals surface area contributed by atoms with Crippen molar-refractivity contribution in [1.29, 1.82) is 0 Å². The summed E-state index contributed by atoms with van der Waals surface area (Å²) < 4.78 is 0. The molecule has 3 N–H and O–H groups in total. The second-order valence-electron chi connectivity index (χ2n) is 7.17. The van der Waals surface area contributed by atoms with Crippen LogP contribution in [0, 0.1) is 13.8 Å². The van der Waals surface area contributed by atoms with Gasteiger partial charge in [0.1, 0.15) is 11.5 Å². The number of H-pyrrole nitrogens is 1. The van der Waals surface area contributed by atoms with E-state index in [1.54, 1.807) is 0 Å². The SMILES string of the molecule is Cc1cc(C)c2cc(C(=O)NCc3ccnc(N4CCNCC4)c3)[nH]c2c1. The summed E-state index contributed by atoms with van der Waals surface area (Å²) in [6.07, 6.45) is 1.81. The molecule has 0 aliphatic carbocycles. The van der Waals surface area contributed by atoms with Crippen molar-refractivity contribution < 1.29 is 4.79 Å². The van der Waals surface area contributed by atoms with E-state index in [0.29, 0.717) is 12.2 Å². The molecule has 0 unspecified atom stereocenters. The smallest absolute Gasteiger partial charge is 0.267 e. The van der Waals surface area contributed by atoms with Gasteiger partial charge in [0.05, 0.1) is 0 Å². The normalized spacial score (nSPS) is 14.5. The maximum absolute atomic E-state index is 12.6. The van der Waals surface area contributed by atoms with Crippen molar-refractivity contribution in [2.75, 3.05) is 31.1 Å². The number of carbonyl (C=O) groups is 1. The van der Waals surface area contributed by atoms with E-state index in [1.165, 1.54) is 11.1 Å². The summed E-state index contributed by atoms with van der Waals surface area (Å²) >= 11 is 0. The lowest BCUT2D eigenvalue weighted by Crippen LogP contribution is -2.43. The number of hydrogen-bond acceptors (Lipinski definition) is 4. The third kappa shape index (κ3) is 3.80. The molecule has 0 atom stereocenters. The average molecular weight is 363 g/mol. The summed E-state index contributed by atoms with van der Waals surface area (Å²) in [6, 6.07) is 10.1. The number of aromatic nitrogens is 2. The maximum Gasteiger partial charge on any atom is 0.267 e. The molecule has 3 heterocycles. The lowest BCUT2D eigenvalue weighted by molar-refractivity contribution is 0.0946. The fraction of sp³-hybridized carbons (Fsp3) is 0.333. The van der Waals surface area contributed by atoms with Gasteiger partial charge in [0.2, 0.25) is 0 Å². The highest BCUT2D eigenvalue weighted by molar-refractivity contribution is 5.98. The Morgan fingerprint density at radius 2 is 2.00 bits per heavy atom. The standard InChI is InChI=1S/C21H25N5O/c1-14-9-15(2)17-12-19(25-18(17)10-14)21(27)24-13-16-3-4-23-20(11-16)26-7-5-22-6-8-26/h3-4,9-12,22,25H,5-8,13H2,1-2H3,(H,24,27). The number of benzene rings is 1. The van der Waals surface area contributed by atoms with E-state index < -0.39 is 0 Å². The van der Waals surface area contributed by atoms with Gasteiger partial charge in [-0.2, -0.15) is 0 Å². The minimum atomic E-state index is -0.0937. The summed E-state index contributed by atoms with van der Waals surface area (Å²) in [5.74, 6) is 0.878. The van der Waals surface area contributed by atoms with Gasteiger partial charge in [0, 0.05) is 49.8 Å². The number of hydrogen-bond donors (Lipinski definition) is 3. The van der Waals surface area contributed by atoms with Crippen LogP contribution < -0.4 is 15.5 Å². The molecule has 27 heavy (non-hydrogen) atoms. The number of carbonyl (C=O) groups excluding carboxylic acids is 1. The van der Waals surface area contributed by atoms with Crippen LogP contribution in [-0.2, 0) is 6.54 Å². The monoisotopic (exact) mass is 363 g/mol. The van der Waals surface area contributed by atoms with E-state index in [0.717, 1.165) is 48.5 Å². The Labute approximate surface area is 159 Å². The minimum absolute atomic E-state index is 0.0937. The molecular weight excluding hydrogens is 338 g/mol. The van der Waals surface area contributed by atoms with Crippen LogP contribution in [0.15, 0.2) is 36.5 Å². The fourth-order valence-corrected chi connectivity index (χ4v) is 3.64. The molecule has 1 saturated heterocycles. The zero-order chi connectivity index (χ0) is 18.8. The fourth-order valence-electron chi connectivity index (χ4n) is 3.64. The molecule has 0 radical (unpaired) electrons. The number of anilines is 1. The quantitative estimate of drug-likeness (QED) is 0.666. The number of nitrogens with zero attached hydrogens (tertiary/aromatic N) is 2. The van der Waals surface area contributed by atoms with E-state index in [4.69, 9.17) is 0 Å². The van der Waals surface area contributed by atoms with Crippen LogP contribution >= 0.6 is 0 Å². The van der Waals surface area contributed by atoms with Gasteiger partial charge < -0.3 is 20.5 Å². The molecule has 140 valence electrons. The summed E-state index contributed by atoms with van der Waals surface area (Å²) in [5, 5.41) is 7.45. The molecule has 0 spiro atoms. The molecule has 1 aliphatic rings. The number of pyridine rings is 1. The lowest BCUT2D eigenvalue weighted by Gasteiger charge is -2.28. The Morgan fingerprint density at radius 1 is 1.19 bits per heavy atom. The Kier molecular flexibility index (Phi) is 4.81. The highest BCUT2D eigenvalue weighted by Gasteiger charge is 2.13. The zero-order valence-electron chi connectivity index (χ0n) is 15.8. The molecule has 0 bridgehead atoms. The third-order valence-electron chi connectivity index (χ3n) is 5.04. The van der Waals surface area contributed by atoms with Crippen molar-refractivity contribution >= 4 is 22.6 Å². The highest BCUT2D eigenvalue weighted by atomic mass is 16.1. The van der Waals surface area contributed by atoms with E-state index in [-0.39, 0.29) is 5.91 Å². The molecule has 1 fully saturated rings. The van der Waals surface area contributed by atoms with Gasteiger partial charge in [-0.1, -0.05) is 6.07 Å². The molecule has 1 aliphatic heterocycles. The molecule has 0 saturated carbocycles. The number of amides is 1. The molecular formula is C21H25N5O. The van der Waals surface area contributed by atoms with E-state index in [1.807, 2.05) is 18.3 Å². The van der Waals surface area contributed by atoms with Gasteiger partial charge in [-0.05, 0) is 54.8 Å². The first-order chi connectivity index (χ1) is 13.1. The first-order valence-electron chi connectivity index (χ1n) is 9.39. The van der Waals surface area contributed by atoms with Crippen molar-refractivity contribution in [3.05, 3.63) is 58.9 Å². The molecule has 1 aromatic carbocycles. The summed E-state index contributed by atoms with van der Waals surface area (Å²) in [5.41, 5.74) is 5.01. The van der Waals surface area contributed by atoms with Crippen LogP contribution in [0.2, 0.25) is 0 Å². The maximum atomic E-state index is 12.6. The largest absolute Gasteiger partial charge is 0.354 e. The Hall–Kier alpha value is -2.86. The predicted octanol–water partition coefficient (Wildman–Crippen LogP) is 2.52. The van der Waals surface area contributed by atoms with E-state index in [2.05, 4.69) is 57.5 Å². The molecule has 6 heteroatoms. The first-order valence-corrected chi connectivity index (χ1v) is 9.39. The van der Waals surface area contributed by atoms with Crippen LogP contribution in [0.5, 0.6) is 0 Å². The molecule has 1 amide bonds. The second-order valence-corrected chi connectivity index (χ2v) is 7.17. The summed E-state index contributed by atoms with van der Waals surface area (Å²) in [7, 11) is 0. The van der Waals surface area contributed by atoms with Crippen molar-refractivity contribution in [3.63, 3.8) is 0 Å². The zero-order valence-corrected chi connectivity index (χ0v) is 15.8. The summed E-state index contributed by atoms with van der Waals surface area (Å²) in [4.78, 5) is 22.6. The molecule has 6 nitrogen and oxygen atoms in total. The van der Waals surface area contributed by atoms with Crippen molar-refractivity contribution in [2.45, 2.75) is 20.4 Å². The number of nitrogens with one attached hydrogen (secondary N) is 3. The summed E-state index contributed by atoms with van der Waals surface area (Å²) in [6.45, 7) is 8.47. The van der Waals surface area contributed by atoms with Gasteiger partial charge in [-0.25, -0.2) is 4.98 Å². The number of piperazine rings is 1. The minimum Gasteiger partial charge on any atom is -0.354 e. The number of fused-ring (bicyclic) bond motifs is 1. The highest BCUT2D eigenvalue weighted by Crippen LogP contribution is 2.21. The topological polar surface area (TPSA) is 73.1 Å². The van der Waals surface area contributed by atoms with Gasteiger partial charge in [0.15, 0.2) is 0 Å². The first kappa shape index (κ1) is 17.5. The molecule has 2 aromatic heterocycles. The van der Waals surface area contributed by atoms with Gasteiger partial charge >= 0.3 is 0 Å². The lowest BCUT2D eigenvalue weighted by atomic mass is 10.1. The Morgan fingerprint density at radius 3 is 2.81 bits per heavy atom. The number of aryl methyl sites for hydroxylation is 2. The van der Waals surface area contributed by atoms with Crippen LogP contribution in [0.25, 0.3) is 10.9 Å². The van der Waals surface area contributed by atoms with E-state index in [9.17, 15) is 4.79 Å². The third-order valence-corrected chi connectivity index (χ3v) is 5.04. The predicted molar refractivity (Wildman–Crippen MR) is 108 cm³/mol. The Balaban J connectivity index is 1.45. The van der Waals surface area contributed by atoms with Crippen molar-refractivity contribution in [2.24, 2.45) is 0 Å². The van der Waals surface area contributed by atoms with Gasteiger partial charge in [0.25, 0.3) is 5.91 Å². The van der Waals surface area contributed by atoms with Gasteiger partial charge in [-0.15, -0.1) is 0 Å². The second kappa shape index (κ2) is 7.40. The number of aromatic amines is 1. The average Bonchev–Trinajstić information content (AvgIpc) is 3.11. The van der Waals surface area contributed by atoms with Crippen LogP contribution in [0.3, 0.4) is 0 Å². The molecule has 3 aromatic rings. The van der Waals surface area contributed by atoms with Gasteiger partial charge in [-0.3, -0.25) is 4.79 Å². The van der Waals surface area contributed by atoms with Crippen LogP contribution in [-0.4, -0.2) is 42.1 Å².